The maximum Gasteiger partial charge on any atom is 0.343 e. The SMILES string of the molecule is CC(C)(C)c1ccc(OCC(=O)N/N=C\c2cccc(OC(=O)c3cccc(F)c3)c2)cc1. The number of nitrogens with zero attached hydrogens (tertiary/aromatic N) is 1. The van der Waals surface area contributed by atoms with Gasteiger partial charge in [-0.05, 0) is 59.0 Å². The molecule has 3 aromatic rings. The second kappa shape index (κ2) is 10.5. The highest BCUT2D eigenvalue weighted by molar-refractivity contribution is 5.91. The summed E-state index contributed by atoms with van der Waals surface area (Å²) in [5.41, 5.74) is 4.30. The number of hydrogen-bond acceptors (Lipinski definition) is 5. The average molecular weight is 448 g/mol. The van der Waals surface area contributed by atoms with Crippen molar-refractivity contribution in [1.29, 1.82) is 0 Å². The van der Waals surface area contributed by atoms with Gasteiger partial charge in [-0.15, -0.1) is 0 Å². The molecule has 0 fully saturated rings. The van der Waals surface area contributed by atoms with Crippen LogP contribution >= 0.6 is 0 Å². The molecule has 7 heteroatoms. The largest absolute Gasteiger partial charge is 0.484 e. The highest BCUT2D eigenvalue weighted by atomic mass is 19.1. The van der Waals surface area contributed by atoms with E-state index in [1.54, 1.807) is 24.3 Å². The highest BCUT2D eigenvalue weighted by Gasteiger charge is 2.13. The second-order valence-electron chi connectivity index (χ2n) is 8.33. The first-order chi connectivity index (χ1) is 15.7. The van der Waals surface area contributed by atoms with Crippen molar-refractivity contribution < 1.29 is 23.5 Å². The van der Waals surface area contributed by atoms with Crippen LogP contribution in [0.3, 0.4) is 0 Å². The lowest BCUT2D eigenvalue weighted by molar-refractivity contribution is -0.123. The van der Waals surface area contributed by atoms with Crippen LogP contribution in [0.15, 0.2) is 77.9 Å². The van der Waals surface area contributed by atoms with Gasteiger partial charge in [0.25, 0.3) is 5.91 Å². The molecule has 3 rings (SSSR count). The van der Waals surface area contributed by atoms with Gasteiger partial charge in [0.05, 0.1) is 11.8 Å². The maximum absolute atomic E-state index is 13.3. The fraction of sp³-hybridized carbons (Fsp3) is 0.192. The Hall–Kier alpha value is -4.00. The molecule has 0 spiro atoms. The van der Waals surface area contributed by atoms with Crippen molar-refractivity contribution in [3.63, 3.8) is 0 Å². The topological polar surface area (TPSA) is 77.0 Å². The second-order valence-corrected chi connectivity index (χ2v) is 8.33. The van der Waals surface area contributed by atoms with E-state index in [4.69, 9.17) is 9.47 Å². The van der Waals surface area contributed by atoms with E-state index in [0.717, 1.165) is 6.07 Å². The van der Waals surface area contributed by atoms with Crippen LogP contribution in [-0.4, -0.2) is 24.7 Å². The molecule has 0 unspecified atom stereocenters. The summed E-state index contributed by atoms with van der Waals surface area (Å²) in [5, 5.41) is 3.90. The number of amides is 1. The molecule has 0 aliphatic heterocycles. The molecule has 0 radical (unpaired) electrons. The van der Waals surface area contributed by atoms with E-state index in [0.29, 0.717) is 11.3 Å². The Morgan fingerprint density at radius 2 is 1.70 bits per heavy atom. The minimum absolute atomic E-state index is 0.0414. The highest BCUT2D eigenvalue weighted by Crippen LogP contribution is 2.24. The molecule has 6 nitrogen and oxygen atoms in total. The van der Waals surface area contributed by atoms with Crippen LogP contribution in [0.4, 0.5) is 4.39 Å². The Balaban J connectivity index is 1.49. The summed E-state index contributed by atoms with van der Waals surface area (Å²) in [5.74, 6) is -0.757. The number of carbonyl (C=O) groups is 2. The summed E-state index contributed by atoms with van der Waals surface area (Å²) in [7, 11) is 0. The van der Waals surface area contributed by atoms with Crippen molar-refractivity contribution in [2.45, 2.75) is 26.2 Å². The molecule has 170 valence electrons. The third kappa shape index (κ3) is 7.28. The van der Waals surface area contributed by atoms with Crippen LogP contribution in [0.25, 0.3) is 0 Å². The van der Waals surface area contributed by atoms with Gasteiger partial charge in [0.1, 0.15) is 17.3 Å². The van der Waals surface area contributed by atoms with Crippen LogP contribution in [0.5, 0.6) is 11.5 Å². The number of nitrogens with one attached hydrogen (secondary N) is 1. The quantitative estimate of drug-likeness (QED) is 0.242. The molecule has 0 aliphatic rings. The molecule has 3 aromatic carbocycles. The van der Waals surface area contributed by atoms with E-state index in [1.165, 1.54) is 30.0 Å². The fourth-order valence-electron chi connectivity index (χ4n) is 2.85. The number of halogens is 1. The molecule has 0 saturated heterocycles. The minimum atomic E-state index is -0.676. The van der Waals surface area contributed by atoms with Crippen molar-refractivity contribution in [3.05, 3.63) is 95.3 Å². The van der Waals surface area contributed by atoms with Crippen molar-refractivity contribution in [2.75, 3.05) is 6.61 Å². The number of hydrogen-bond donors (Lipinski definition) is 1. The fourth-order valence-corrected chi connectivity index (χ4v) is 2.85. The van der Waals surface area contributed by atoms with Gasteiger partial charge in [-0.3, -0.25) is 4.79 Å². The third-order valence-corrected chi connectivity index (χ3v) is 4.62. The summed E-state index contributed by atoms with van der Waals surface area (Å²) < 4.78 is 24.0. The zero-order chi connectivity index (χ0) is 23.8. The van der Waals surface area contributed by atoms with Crippen LogP contribution < -0.4 is 14.9 Å². The van der Waals surface area contributed by atoms with Crippen LogP contribution in [0.2, 0.25) is 0 Å². The smallest absolute Gasteiger partial charge is 0.343 e. The predicted octanol–water partition coefficient (Wildman–Crippen LogP) is 4.87. The number of esters is 1. The molecule has 0 heterocycles. The van der Waals surface area contributed by atoms with Gasteiger partial charge in [-0.2, -0.15) is 5.10 Å². The first-order valence-corrected chi connectivity index (χ1v) is 10.3. The van der Waals surface area contributed by atoms with Crippen molar-refractivity contribution in [1.82, 2.24) is 5.43 Å². The van der Waals surface area contributed by atoms with Gasteiger partial charge in [-0.25, -0.2) is 14.6 Å². The Morgan fingerprint density at radius 1 is 0.970 bits per heavy atom. The molecule has 1 N–H and O–H groups in total. The van der Waals surface area contributed by atoms with E-state index >= 15 is 0 Å². The summed E-state index contributed by atoms with van der Waals surface area (Å²) in [4.78, 5) is 24.1. The molecule has 33 heavy (non-hydrogen) atoms. The lowest BCUT2D eigenvalue weighted by atomic mass is 9.87. The summed E-state index contributed by atoms with van der Waals surface area (Å²) in [6.07, 6.45) is 1.41. The molecule has 0 aliphatic carbocycles. The Morgan fingerprint density at radius 3 is 2.39 bits per heavy atom. The van der Waals surface area contributed by atoms with Crippen molar-refractivity contribution >= 4 is 18.1 Å². The van der Waals surface area contributed by atoms with Gasteiger partial charge in [0.2, 0.25) is 0 Å². The van der Waals surface area contributed by atoms with Gasteiger partial charge in [0.15, 0.2) is 6.61 Å². The van der Waals surface area contributed by atoms with E-state index in [2.05, 4.69) is 31.3 Å². The lowest BCUT2D eigenvalue weighted by Gasteiger charge is -2.19. The number of rotatable bonds is 7. The predicted molar refractivity (Wildman–Crippen MR) is 124 cm³/mol. The monoisotopic (exact) mass is 448 g/mol. The van der Waals surface area contributed by atoms with E-state index in [-0.39, 0.29) is 23.3 Å². The number of benzene rings is 3. The Labute approximate surface area is 192 Å². The maximum atomic E-state index is 13.3. The van der Waals surface area contributed by atoms with Crippen LogP contribution in [-0.2, 0) is 10.2 Å². The van der Waals surface area contributed by atoms with Crippen LogP contribution in [0.1, 0.15) is 42.3 Å². The molecule has 0 atom stereocenters. The molecule has 1 amide bonds. The van der Waals surface area contributed by atoms with Gasteiger partial charge in [-0.1, -0.05) is 51.1 Å². The Bertz CT molecular complexity index is 1150. The Kier molecular flexibility index (Phi) is 7.56. The standard InChI is InChI=1S/C26H25FN2O4/c1-26(2,3)20-10-12-22(13-11-20)32-17-24(30)29-28-16-18-6-4-9-23(14-18)33-25(31)19-7-5-8-21(27)15-19/h4-16H,17H2,1-3H3,(H,29,30)/b28-16-. The van der Waals surface area contributed by atoms with Crippen molar-refractivity contribution in [3.8, 4) is 11.5 Å². The van der Waals surface area contributed by atoms with Crippen LogP contribution in [0, 0.1) is 5.82 Å². The van der Waals surface area contributed by atoms with E-state index in [1.807, 2.05) is 24.3 Å². The summed E-state index contributed by atoms with van der Waals surface area (Å²) in [6, 6.07) is 19.4. The zero-order valence-electron chi connectivity index (χ0n) is 18.7. The first kappa shape index (κ1) is 23.7. The summed E-state index contributed by atoms with van der Waals surface area (Å²) >= 11 is 0. The number of carbonyl (C=O) groups excluding carboxylic acids is 2. The van der Waals surface area contributed by atoms with Crippen molar-refractivity contribution in [2.24, 2.45) is 5.10 Å². The average Bonchev–Trinajstić information content (AvgIpc) is 2.78. The summed E-state index contributed by atoms with van der Waals surface area (Å²) in [6.45, 7) is 6.19. The number of hydrazone groups is 1. The lowest BCUT2D eigenvalue weighted by Crippen LogP contribution is -2.24. The molecule has 0 bridgehead atoms. The van der Waals surface area contributed by atoms with Gasteiger partial charge in [0, 0.05) is 0 Å². The molecule has 0 aromatic heterocycles. The third-order valence-electron chi connectivity index (χ3n) is 4.62. The normalized spacial score (nSPS) is 11.3. The zero-order valence-corrected chi connectivity index (χ0v) is 18.7. The van der Waals surface area contributed by atoms with E-state index in [9.17, 15) is 14.0 Å². The molecular formula is C26H25FN2O4. The molecular weight excluding hydrogens is 423 g/mol. The van der Waals surface area contributed by atoms with Gasteiger partial charge < -0.3 is 9.47 Å². The number of ether oxygens (including phenoxy) is 2. The minimum Gasteiger partial charge on any atom is -0.484 e. The van der Waals surface area contributed by atoms with Gasteiger partial charge >= 0.3 is 5.97 Å². The first-order valence-electron chi connectivity index (χ1n) is 10.3. The molecule has 0 saturated carbocycles. The van der Waals surface area contributed by atoms with E-state index < -0.39 is 17.7 Å².